The Morgan fingerprint density at radius 1 is 1.00 bits per heavy atom. The quantitative estimate of drug-likeness (QED) is 0.619. The summed E-state index contributed by atoms with van der Waals surface area (Å²) in [5, 5.41) is 3.65. The Hall–Kier alpha value is -1.65. The molecule has 2 aromatic heterocycles. The van der Waals surface area contributed by atoms with E-state index >= 15 is 0 Å². The van der Waals surface area contributed by atoms with E-state index in [0.717, 1.165) is 29.1 Å². The standard InChI is InChI=1S/C17H16ClN3S/c18-17-19-15(21-9-5-2-6-10-21)14-13(11-22-16(14)20-17)12-7-3-1-4-8-12/h1,3-4,7-8,11H,2,5-6,9-10H2. The Morgan fingerprint density at radius 2 is 1.77 bits per heavy atom. The number of benzene rings is 1. The van der Waals surface area contributed by atoms with Crippen LogP contribution in [0.25, 0.3) is 21.3 Å². The first-order valence-corrected chi connectivity index (χ1v) is 8.84. The van der Waals surface area contributed by atoms with Crippen molar-refractivity contribution < 1.29 is 0 Å². The number of anilines is 1. The zero-order valence-corrected chi connectivity index (χ0v) is 13.7. The number of halogens is 1. The highest BCUT2D eigenvalue weighted by atomic mass is 35.5. The predicted octanol–water partition coefficient (Wildman–Crippen LogP) is 5.00. The smallest absolute Gasteiger partial charge is 0.225 e. The average molecular weight is 330 g/mol. The molecule has 1 aliphatic rings. The van der Waals surface area contributed by atoms with E-state index in [1.54, 1.807) is 11.3 Å². The van der Waals surface area contributed by atoms with Crippen LogP contribution >= 0.6 is 22.9 Å². The van der Waals surface area contributed by atoms with Crippen LogP contribution in [0.4, 0.5) is 5.82 Å². The van der Waals surface area contributed by atoms with Gasteiger partial charge in [-0.3, -0.25) is 0 Å². The minimum atomic E-state index is 0.342. The molecule has 4 rings (SSSR count). The van der Waals surface area contributed by atoms with Gasteiger partial charge in [-0.15, -0.1) is 11.3 Å². The fourth-order valence-electron chi connectivity index (χ4n) is 3.06. The maximum Gasteiger partial charge on any atom is 0.225 e. The molecule has 1 aliphatic heterocycles. The van der Waals surface area contributed by atoms with Gasteiger partial charge in [0.05, 0.1) is 5.39 Å². The van der Waals surface area contributed by atoms with Gasteiger partial charge in [-0.05, 0) is 36.4 Å². The number of thiophene rings is 1. The summed E-state index contributed by atoms with van der Waals surface area (Å²) in [5.74, 6) is 0.995. The van der Waals surface area contributed by atoms with E-state index in [-0.39, 0.29) is 0 Å². The van der Waals surface area contributed by atoms with Crippen LogP contribution in [0.5, 0.6) is 0 Å². The average Bonchev–Trinajstić information content (AvgIpc) is 2.99. The fourth-order valence-corrected chi connectivity index (χ4v) is 4.22. The summed E-state index contributed by atoms with van der Waals surface area (Å²) in [6, 6.07) is 10.4. The van der Waals surface area contributed by atoms with E-state index in [1.165, 1.54) is 30.4 Å². The van der Waals surface area contributed by atoms with E-state index < -0.39 is 0 Å². The third-order valence-corrected chi connectivity index (χ3v) is 5.17. The normalized spacial score (nSPS) is 15.4. The van der Waals surface area contributed by atoms with Crippen molar-refractivity contribution in [3.63, 3.8) is 0 Å². The van der Waals surface area contributed by atoms with Gasteiger partial charge in [-0.1, -0.05) is 30.3 Å². The molecule has 1 fully saturated rings. The molecule has 0 atom stereocenters. The first-order valence-electron chi connectivity index (χ1n) is 7.58. The topological polar surface area (TPSA) is 29.0 Å². The van der Waals surface area contributed by atoms with Crippen molar-refractivity contribution in [2.24, 2.45) is 0 Å². The van der Waals surface area contributed by atoms with Crippen LogP contribution in [0.15, 0.2) is 35.7 Å². The molecule has 0 amide bonds. The first kappa shape index (κ1) is 14.0. The van der Waals surface area contributed by atoms with Gasteiger partial charge < -0.3 is 4.90 Å². The summed E-state index contributed by atoms with van der Waals surface area (Å²) in [6.45, 7) is 2.10. The number of piperidine rings is 1. The van der Waals surface area contributed by atoms with Gasteiger partial charge in [0.1, 0.15) is 10.6 Å². The van der Waals surface area contributed by atoms with Crippen molar-refractivity contribution in [3.8, 4) is 11.1 Å². The van der Waals surface area contributed by atoms with Gasteiger partial charge in [0, 0.05) is 24.0 Å². The lowest BCUT2D eigenvalue weighted by atomic mass is 10.1. The molecule has 22 heavy (non-hydrogen) atoms. The van der Waals surface area contributed by atoms with Crippen molar-refractivity contribution in [1.29, 1.82) is 0 Å². The van der Waals surface area contributed by atoms with E-state index in [0.29, 0.717) is 5.28 Å². The van der Waals surface area contributed by atoms with Crippen molar-refractivity contribution >= 4 is 39.0 Å². The molecule has 0 saturated carbocycles. The summed E-state index contributed by atoms with van der Waals surface area (Å²) in [7, 11) is 0. The van der Waals surface area contributed by atoms with Gasteiger partial charge in [0.2, 0.25) is 5.28 Å². The largest absolute Gasteiger partial charge is 0.356 e. The Bertz CT molecular complexity index is 794. The van der Waals surface area contributed by atoms with Crippen molar-refractivity contribution in [3.05, 3.63) is 41.0 Å². The number of rotatable bonds is 2. The first-order chi connectivity index (χ1) is 10.8. The molecule has 0 N–H and O–H groups in total. The van der Waals surface area contributed by atoms with E-state index in [2.05, 4.69) is 44.5 Å². The number of aromatic nitrogens is 2. The Morgan fingerprint density at radius 3 is 2.55 bits per heavy atom. The minimum absolute atomic E-state index is 0.342. The Balaban J connectivity index is 1.92. The molecule has 112 valence electrons. The van der Waals surface area contributed by atoms with E-state index in [9.17, 15) is 0 Å². The van der Waals surface area contributed by atoms with Gasteiger partial charge >= 0.3 is 0 Å². The Kier molecular flexibility index (Phi) is 3.72. The zero-order valence-electron chi connectivity index (χ0n) is 12.1. The number of hydrogen-bond donors (Lipinski definition) is 0. The summed E-state index contributed by atoms with van der Waals surface area (Å²) < 4.78 is 0. The summed E-state index contributed by atoms with van der Waals surface area (Å²) in [6.07, 6.45) is 3.73. The summed E-state index contributed by atoms with van der Waals surface area (Å²) in [4.78, 5) is 12.3. The summed E-state index contributed by atoms with van der Waals surface area (Å²) in [5.41, 5.74) is 2.41. The lowest BCUT2D eigenvalue weighted by molar-refractivity contribution is 0.574. The van der Waals surface area contributed by atoms with Gasteiger partial charge in [-0.25, -0.2) is 4.98 Å². The van der Waals surface area contributed by atoms with E-state index in [4.69, 9.17) is 11.6 Å². The van der Waals surface area contributed by atoms with Crippen LogP contribution in [-0.2, 0) is 0 Å². The van der Waals surface area contributed by atoms with Crippen LogP contribution in [0.1, 0.15) is 19.3 Å². The molecule has 3 heterocycles. The van der Waals surface area contributed by atoms with E-state index in [1.807, 2.05) is 6.07 Å². The van der Waals surface area contributed by atoms with Crippen LogP contribution in [-0.4, -0.2) is 23.1 Å². The molecule has 1 saturated heterocycles. The molecule has 0 bridgehead atoms. The molecule has 3 aromatic rings. The number of fused-ring (bicyclic) bond motifs is 1. The van der Waals surface area contributed by atoms with Gasteiger partial charge in [0.25, 0.3) is 0 Å². The highest BCUT2D eigenvalue weighted by Crippen LogP contribution is 2.39. The number of nitrogens with zero attached hydrogens (tertiary/aromatic N) is 3. The lowest BCUT2D eigenvalue weighted by Gasteiger charge is -2.28. The minimum Gasteiger partial charge on any atom is -0.356 e. The molecule has 1 aromatic carbocycles. The maximum absolute atomic E-state index is 6.16. The second-order valence-corrected chi connectivity index (χ2v) is 6.76. The third-order valence-electron chi connectivity index (χ3n) is 4.13. The van der Waals surface area contributed by atoms with Crippen molar-refractivity contribution in [2.45, 2.75) is 19.3 Å². The van der Waals surface area contributed by atoms with Crippen molar-refractivity contribution in [1.82, 2.24) is 9.97 Å². The van der Waals surface area contributed by atoms with Crippen LogP contribution < -0.4 is 4.90 Å². The second kappa shape index (κ2) is 5.86. The predicted molar refractivity (Wildman–Crippen MR) is 93.9 cm³/mol. The summed E-state index contributed by atoms with van der Waals surface area (Å²) >= 11 is 7.79. The van der Waals surface area contributed by atoms with Crippen LogP contribution in [0.2, 0.25) is 5.28 Å². The fraction of sp³-hybridized carbons (Fsp3) is 0.294. The SMILES string of the molecule is Clc1nc(N2CCCCC2)c2c(-c3ccccc3)csc2n1. The Labute approximate surface area is 138 Å². The molecular weight excluding hydrogens is 314 g/mol. The molecule has 3 nitrogen and oxygen atoms in total. The van der Waals surface area contributed by atoms with Gasteiger partial charge in [0.15, 0.2) is 0 Å². The number of hydrogen-bond acceptors (Lipinski definition) is 4. The third kappa shape index (κ3) is 2.46. The molecular formula is C17H16ClN3S. The molecule has 0 spiro atoms. The molecule has 5 heteroatoms. The molecule has 0 radical (unpaired) electrons. The molecule has 0 unspecified atom stereocenters. The highest BCUT2D eigenvalue weighted by Gasteiger charge is 2.20. The molecule has 0 aliphatic carbocycles. The zero-order chi connectivity index (χ0) is 14.9. The lowest BCUT2D eigenvalue weighted by Crippen LogP contribution is -2.30. The van der Waals surface area contributed by atoms with Gasteiger partial charge in [-0.2, -0.15) is 4.98 Å². The van der Waals surface area contributed by atoms with Crippen LogP contribution in [0.3, 0.4) is 0 Å². The monoisotopic (exact) mass is 329 g/mol. The van der Waals surface area contributed by atoms with Crippen molar-refractivity contribution in [2.75, 3.05) is 18.0 Å². The van der Waals surface area contributed by atoms with Crippen LogP contribution in [0, 0.1) is 0 Å². The second-order valence-electron chi connectivity index (χ2n) is 5.56. The maximum atomic E-state index is 6.16. The highest BCUT2D eigenvalue weighted by molar-refractivity contribution is 7.17.